The van der Waals surface area contributed by atoms with E-state index in [1.165, 1.54) is 10.6 Å². The highest BCUT2D eigenvalue weighted by Crippen LogP contribution is 2.05. The third-order valence-corrected chi connectivity index (χ3v) is 3.95. The summed E-state index contributed by atoms with van der Waals surface area (Å²) in [6, 6.07) is 0. The molecule has 0 unspecified atom stereocenters. The number of nitrogens with one attached hydrogen (secondary N) is 1. The van der Waals surface area contributed by atoms with Gasteiger partial charge in [-0.1, -0.05) is 13.3 Å². The molecule has 0 radical (unpaired) electrons. The van der Waals surface area contributed by atoms with Crippen LogP contribution in [0.1, 0.15) is 25.6 Å². The molecule has 6 nitrogen and oxygen atoms in total. The Morgan fingerprint density at radius 2 is 2.27 bits per heavy atom. The molecular formula is C8H16N4O2S. The van der Waals surface area contributed by atoms with Crippen LogP contribution in [0.2, 0.25) is 0 Å². The zero-order chi connectivity index (χ0) is 11.3. The molecule has 0 aromatic carbocycles. The van der Waals surface area contributed by atoms with Gasteiger partial charge in [-0.05, 0) is 6.42 Å². The molecule has 0 atom stereocenters. The van der Waals surface area contributed by atoms with Crippen LogP contribution in [0, 0.1) is 0 Å². The molecule has 1 heterocycles. The Morgan fingerprint density at radius 3 is 2.80 bits per heavy atom. The molecule has 0 aliphatic carbocycles. The van der Waals surface area contributed by atoms with Gasteiger partial charge in [-0.2, -0.15) is 9.40 Å². The lowest BCUT2D eigenvalue weighted by Crippen LogP contribution is -2.29. The van der Waals surface area contributed by atoms with E-state index in [0.717, 1.165) is 6.42 Å². The lowest BCUT2D eigenvalue weighted by molar-refractivity contribution is 0.455. The topological polar surface area (TPSA) is 79.0 Å². The van der Waals surface area contributed by atoms with Gasteiger partial charge in [-0.25, -0.2) is 13.4 Å². The summed E-state index contributed by atoms with van der Waals surface area (Å²) >= 11 is 0. The van der Waals surface area contributed by atoms with E-state index >= 15 is 0 Å². The Balaban J connectivity index is 2.56. The van der Waals surface area contributed by atoms with Crippen LogP contribution in [-0.2, 0) is 16.6 Å². The number of sulfonamides is 1. The first-order valence-electron chi connectivity index (χ1n) is 4.84. The quantitative estimate of drug-likeness (QED) is 0.768. The standard InChI is InChI=1S/C8H16N4O2S/c1-3-4-5-15(13,14)12(2)6-8-9-7-10-11-8/h7H,3-6H2,1-2H3,(H,9,10,11). The minimum absolute atomic E-state index is 0.189. The van der Waals surface area contributed by atoms with Gasteiger partial charge < -0.3 is 0 Å². The van der Waals surface area contributed by atoms with Crippen LogP contribution in [0.25, 0.3) is 0 Å². The minimum Gasteiger partial charge on any atom is -0.262 e. The predicted octanol–water partition coefficient (Wildman–Crippen LogP) is 0.366. The molecule has 0 spiro atoms. The molecule has 0 aliphatic rings. The van der Waals surface area contributed by atoms with E-state index in [9.17, 15) is 8.42 Å². The van der Waals surface area contributed by atoms with Crippen LogP contribution in [-0.4, -0.2) is 40.7 Å². The van der Waals surface area contributed by atoms with Crippen molar-refractivity contribution >= 4 is 10.0 Å². The molecule has 0 saturated heterocycles. The molecule has 1 rings (SSSR count). The van der Waals surface area contributed by atoms with Crippen LogP contribution in [0.3, 0.4) is 0 Å². The van der Waals surface area contributed by atoms with Crippen molar-refractivity contribution in [1.82, 2.24) is 19.5 Å². The van der Waals surface area contributed by atoms with Gasteiger partial charge in [0.25, 0.3) is 0 Å². The van der Waals surface area contributed by atoms with Gasteiger partial charge in [0.2, 0.25) is 10.0 Å². The molecule has 1 aromatic heterocycles. The number of H-pyrrole nitrogens is 1. The normalized spacial score (nSPS) is 12.2. The number of rotatable bonds is 6. The minimum atomic E-state index is -3.15. The summed E-state index contributed by atoms with van der Waals surface area (Å²) < 4.78 is 24.7. The van der Waals surface area contributed by atoms with Crippen LogP contribution in [0.5, 0.6) is 0 Å². The van der Waals surface area contributed by atoms with Crippen molar-refractivity contribution in [2.24, 2.45) is 0 Å². The van der Waals surface area contributed by atoms with Crippen LogP contribution in [0.4, 0.5) is 0 Å². The molecule has 0 aliphatic heterocycles. The Kier molecular flexibility index (Phi) is 4.22. The lowest BCUT2D eigenvalue weighted by Gasteiger charge is -2.15. The van der Waals surface area contributed by atoms with E-state index in [1.54, 1.807) is 7.05 Å². The first-order chi connectivity index (χ1) is 7.06. The van der Waals surface area contributed by atoms with E-state index in [2.05, 4.69) is 15.2 Å². The summed E-state index contributed by atoms with van der Waals surface area (Å²) in [6.07, 6.45) is 2.92. The molecule has 7 heteroatoms. The predicted molar refractivity (Wildman–Crippen MR) is 56.5 cm³/mol. The van der Waals surface area contributed by atoms with Crippen LogP contribution in [0.15, 0.2) is 6.33 Å². The van der Waals surface area contributed by atoms with Crippen molar-refractivity contribution < 1.29 is 8.42 Å². The first-order valence-corrected chi connectivity index (χ1v) is 6.45. The molecule has 0 amide bonds. The third kappa shape index (κ3) is 3.60. The molecule has 1 N–H and O–H groups in total. The maximum absolute atomic E-state index is 11.7. The first kappa shape index (κ1) is 12.1. The zero-order valence-electron chi connectivity index (χ0n) is 8.97. The van der Waals surface area contributed by atoms with Crippen molar-refractivity contribution in [3.8, 4) is 0 Å². The van der Waals surface area contributed by atoms with Crippen molar-refractivity contribution in [1.29, 1.82) is 0 Å². The van der Waals surface area contributed by atoms with Gasteiger partial charge in [-0.3, -0.25) is 5.10 Å². The molecule has 1 aromatic rings. The van der Waals surface area contributed by atoms with Gasteiger partial charge in [-0.15, -0.1) is 0 Å². The Labute approximate surface area is 89.8 Å². The fourth-order valence-corrected chi connectivity index (χ4v) is 2.38. The Morgan fingerprint density at radius 1 is 1.53 bits per heavy atom. The fraction of sp³-hybridized carbons (Fsp3) is 0.750. The van der Waals surface area contributed by atoms with Crippen molar-refractivity contribution in [2.75, 3.05) is 12.8 Å². The monoisotopic (exact) mass is 232 g/mol. The highest BCUT2D eigenvalue weighted by atomic mass is 32.2. The average Bonchev–Trinajstić information content (AvgIpc) is 2.67. The van der Waals surface area contributed by atoms with E-state index in [-0.39, 0.29) is 12.3 Å². The number of hydrogen-bond donors (Lipinski definition) is 1. The molecular weight excluding hydrogens is 216 g/mol. The summed E-state index contributed by atoms with van der Waals surface area (Å²) in [5.41, 5.74) is 0. The van der Waals surface area contributed by atoms with Gasteiger partial charge >= 0.3 is 0 Å². The van der Waals surface area contributed by atoms with Crippen LogP contribution >= 0.6 is 0 Å². The summed E-state index contributed by atoms with van der Waals surface area (Å²) in [5.74, 6) is 0.742. The number of unbranched alkanes of at least 4 members (excludes halogenated alkanes) is 1. The second-order valence-corrected chi connectivity index (χ2v) is 5.55. The summed E-state index contributed by atoms with van der Waals surface area (Å²) in [4.78, 5) is 3.88. The second-order valence-electron chi connectivity index (χ2n) is 3.36. The number of hydrogen-bond acceptors (Lipinski definition) is 4. The smallest absolute Gasteiger partial charge is 0.214 e. The highest BCUT2D eigenvalue weighted by Gasteiger charge is 2.17. The number of aromatic amines is 1. The zero-order valence-corrected chi connectivity index (χ0v) is 9.79. The van der Waals surface area contributed by atoms with Gasteiger partial charge in [0.1, 0.15) is 12.2 Å². The summed E-state index contributed by atoms with van der Waals surface area (Å²) in [5, 5.41) is 6.29. The van der Waals surface area contributed by atoms with Gasteiger partial charge in [0, 0.05) is 7.05 Å². The Hall–Kier alpha value is -0.950. The van der Waals surface area contributed by atoms with Crippen molar-refractivity contribution in [3.05, 3.63) is 12.2 Å². The number of nitrogens with zero attached hydrogens (tertiary/aromatic N) is 3. The largest absolute Gasteiger partial charge is 0.262 e. The van der Waals surface area contributed by atoms with Gasteiger partial charge in [0.15, 0.2) is 0 Å². The SMILES string of the molecule is CCCCS(=O)(=O)N(C)Cc1ncn[nH]1. The molecule has 0 saturated carbocycles. The van der Waals surface area contributed by atoms with E-state index in [4.69, 9.17) is 0 Å². The molecule has 0 fully saturated rings. The summed E-state index contributed by atoms with van der Waals surface area (Å²) in [7, 11) is -1.60. The second kappa shape index (κ2) is 5.22. The third-order valence-electron chi connectivity index (χ3n) is 2.07. The maximum atomic E-state index is 11.7. The van der Waals surface area contributed by atoms with Crippen molar-refractivity contribution in [2.45, 2.75) is 26.3 Å². The van der Waals surface area contributed by atoms with Gasteiger partial charge in [0.05, 0.1) is 12.3 Å². The fourth-order valence-electron chi connectivity index (χ4n) is 1.10. The highest BCUT2D eigenvalue weighted by molar-refractivity contribution is 7.89. The maximum Gasteiger partial charge on any atom is 0.214 e. The van der Waals surface area contributed by atoms with Crippen LogP contribution < -0.4 is 0 Å². The van der Waals surface area contributed by atoms with E-state index in [1.807, 2.05) is 6.92 Å². The molecule has 0 bridgehead atoms. The van der Waals surface area contributed by atoms with E-state index in [0.29, 0.717) is 12.2 Å². The lowest BCUT2D eigenvalue weighted by atomic mass is 10.4. The Bertz CT molecular complexity index is 373. The number of aromatic nitrogens is 3. The average molecular weight is 232 g/mol. The summed E-state index contributed by atoms with van der Waals surface area (Å²) in [6.45, 7) is 2.21. The van der Waals surface area contributed by atoms with Crippen molar-refractivity contribution in [3.63, 3.8) is 0 Å². The molecule has 86 valence electrons. The van der Waals surface area contributed by atoms with E-state index < -0.39 is 10.0 Å². The molecule has 15 heavy (non-hydrogen) atoms.